The lowest BCUT2D eigenvalue weighted by molar-refractivity contribution is -0.152. The largest absolute Gasteiger partial charge is 0.489 e. The molecular weight excluding hydrogens is 396 g/mol. The van der Waals surface area contributed by atoms with E-state index in [1.54, 1.807) is 43.3 Å². The molecule has 1 amide bonds. The Hall–Kier alpha value is -3.61. The van der Waals surface area contributed by atoms with Crippen LogP contribution in [-0.2, 0) is 27.4 Å². The Balaban J connectivity index is 1.47. The quantitative estimate of drug-likeness (QED) is 0.545. The number of carbonyl (C=O) groups is 2. The number of hydrogen-bond donors (Lipinski definition) is 1. The van der Waals surface area contributed by atoms with Crippen molar-refractivity contribution >= 4 is 17.6 Å². The second-order valence-electron chi connectivity index (χ2n) is 7.40. The maximum absolute atomic E-state index is 12.2. The highest BCUT2D eigenvalue weighted by atomic mass is 16.5. The fraction of sp³-hybridized carbons (Fsp3) is 0.292. The van der Waals surface area contributed by atoms with Crippen LogP contribution in [0.1, 0.15) is 35.1 Å². The van der Waals surface area contributed by atoms with Crippen molar-refractivity contribution in [3.63, 3.8) is 0 Å². The second-order valence-corrected chi connectivity index (χ2v) is 7.40. The van der Waals surface area contributed by atoms with E-state index in [9.17, 15) is 9.59 Å². The molecule has 1 aromatic heterocycles. The summed E-state index contributed by atoms with van der Waals surface area (Å²) < 4.78 is 16.2. The molecule has 0 spiro atoms. The van der Waals surface area contributed by atoms with Gasteiger partial charge in [0.25, 0.3) is 5.91 Å². The first kappa shape index (κ1) is 22.1. The first-order valence-electron chi connectivity index (χ1n) is 10.0. The molecule has 31 heavy (non-hydrogen) atoms. The number of anilines is 1. The maximum atomic E-state index is 12.2. The maximum Gasteiger partial charge on any atom is 0.311 e. The average molecular weight is 422 g/mol. The van der Waals surface area contributed by atoms with Gasteiger partial charge >= 0.3 is 5.97 Å². The third kappa shape index (κ3) is 6.18. The molecule has 0 aliphatic heterocycles. The van der Waals surface area contributed by atoms with E-state index in [1.807, 2.05) is 32.9 Å². The van der Waals surface area contributed by atoms with Crippen molar-refractivity contribution in [3.05, 3.63) is 76.7 Å². The van der Waals surface area contributed by atoms with Gasteiger partial charge in [0, 0.05) is 5.69 Å². The van der Waals surface area contributed by atoms with E-state index in [2.05, 4.69) is 10.5 Å². The molecule has 1 heterocycles. The fourth-order valence-electron chi connectivity index (χ4n) is 2.91. The van der Waals surface area contributed by atoms with Crippen molar-refractivity contribution in [2.45, 2.75) is 46.8 Å². The molecule has 0 radical (unpaired) electrons. The van der Waals surface area contributed by atoms with Gasteiger partial charge in [-0.2, -0.15) is 0 Å². The molecule has 3 rings (SSSR count). The lowest BCUT2D eigenvalue weighted by atomic mass is 10.1. The van der Waals surface area contributed by atoms with Crippen LogP contribution in [0.2, 0.25) is 0 Å². The first-order chi connectivity index (χ1) is 14.8. The zero-order chi connectivity index (χ0) is 22.4. The molecule has 0 saturated carbocycles. The molecule has 7 heteroatoms. The molecular formula is C24H26N2O5. The number of amides is 1. The fourth-order valence-corrected chi connectivity index (χ4v) is 2.91. The predicted molar refractivity (Wildman–Crippen MR) is 116 cm³/mol. The molecule has 1 atom stereocenters. The summed E-state index contributed by atoms with van der Waals surface area (Å²) in [6.45, 7) is 7.58. The van der Waals surface area contributed by atoms with Crippen LogP contribution in [0, 0.1) is 20.8 Å². The highest BCUT2D eigenvalue weighted by Crippen LogP contribution is 2.18. The van der Waals surface area contributed by atoms with E-state index < -0.39 is 12.1 Å². The Morgan fingerprint density at radius 3 is 2.32 bits per heavy atom. The lowest BCUT2D eigenvalue weighted by Gasteiger charge is -2.14. The topological polar surface area (TPSA) is 90.7 Å². The zero-order valence-electron chi connectivity index (χ0n) is 18.1. The molecule has 0 unspecified atom stereocenters. The van der Waals surface area contributed by atoms with Crippen molar-refractivity contribution in [2.24, 2.45) is 0 Å². The van der Waals surface area contributed by atoms with Crippen LogP contribution in [0.3, 0.4) is 0 Å². The van der Waals surface area contributed by atoms with Gasteiger partial charge in [0.05, 0.1) is 17.7 Å². The van der Waals surface area contributed by atoms with Gasteiger partial charge in [0.2, 0.25) is 0 Å². The highest BCUT2D eigenvalue weighted by molar-refractivity contribution is 5.95. The highest BCUT2D eigenvalue weighted by Gasteiger charge is 2.18. The van der Waals surface area contributed by atoms with E-state index in [1.165, 1.54) is 0 Å². The van der Waals surface area contributed by atoms with Crippen LogP contribution in [0.25, 0.3) is 0 Å². The van der Waals surface area contributed by atoms with Gasteiger partial charge < -0.3 is 19.3 Å². The molecule has 0 aliphatic carbocycles. The van der Waals surface area contributed by atoms with Gasteiger partial charge in [0.1, 0.15) is 18.1 Å². The number of aromatic nitrogens is 1. The average Bonchev–Trinajstić information content (AvgIpc) is 3.06. The Morgan fingerprint density at radius 1 is 1.03 bits per heavy atom. The van der Waals surface area contributed by atoms with Gasteiger partial charge in [-0.25, -0.2) is 0 Å². The summed E-state index contributed by atoms with van der Waals surface area (Å²) in [5.41, 5.74) is 4.24. The van der Waals surface area contributed by atoms with Crippen LogP contribution in [-0.4, -0.2) is 23.1 Å². The number of nitrogens with zero attached hydrogens (tertiary/aromatic N) is 1. The third-order valence-corrected chi connectivity index (χ3v) is 4.83. The Kier molecular flexibility index (Phi) is 7.07. The van der Waals surface area contributed by atoms with E-state index in [-0.39, 0.29) is 12.3 Å². The number of rotatable bonds is 8. The van der Waals surface area contributed by atoms with Crippen molar-refractivity contribution in [2.75, 3.05) is 5.32 Å². The summed E-state index contributed by atoms with van der Waals surface area (Å²) in [5.74, 6) is 0.552. The number of carbonyl (C=O) groups excluding carboxylic acids is 2. The molecule has 7 nitrogen and oxygen atoms in total. The summed E-state index contributed by atoms with van der Waals surface area (Å²) in [5, 5.41) is 6.64. The number of aryl methyl sites for hydroxylation is 3. The molecule has 0 saturated heterocycles. The van der Waals surface area contributed by atoms with E-state index >= 15 is 0 Å². The normalized spacial score (nSPS) is 11.6. The molecule has 0 bridgehead atoms. The van der Waals surface area contributed by atoms with Gasteiger partial charge in [-0.05, 0) is 57.5 Å². The Morgan fingerprint density at radius 2 is 1.71 bits per heavy atom. The van der Waals surface area contributed by atoms with Gasteiger partial charge in [0.15, 0.2) is 6.10 Å². The summed E-state index contributed by atoms with van der Waals surface area (Å²) in [4.78, 5) is 24.4. The van der Waals surface area contributed by atoms with Crippen LogP contribution >= 0.6 is 0 Å². The van der Waals surface area contributed by atoms with Crippen LogP contribution in [0.4, 0.5) is 5.69 Å². The Bertz CT molecular complexity index is 1020. The van der Waals surface area contributed by atoms with E-state index in [4.69, 9.17) is 14.0 Å². The van der Waals surface area contributed by atoms with Gasteiger partial charge in [-0.1, -0.05) is 35.0 Å². The summed E-state index contributed by atoms with van der Waals surface area (Å²) >= 11 is 0. The second kappa shape index (κ2) is 9.93. The smallest absolute Gasteiger partial charge is 0.311 e. The van der Waals surface area contributed by atoms with Crippen LogP contribution in [0.5, 0.6) is 5.75 Å². The third-order valence-electron chi connectivity index (χ3n) is 4.83. The first-order valence-corrected chi connectivity index (χ1v) is 10.0. The molecule has 1 N–H and O–H groups in total. The minimum absolute atomic E-state index is 0.0618. The zero-order valence-corrected chi connectivity index (χ0v) is 18.1. The van der Waals surface area contributed by atoms with Crippen molar-refractivity contribution < 1.29 is 23.6 Å². The molecule has 0 aliphatic rings. The number of hydrogen-bond acceptors (Lipinski definition) is 6. The van der Waals surface area contributed by atoms with Crippen LogP contribution in [0.15, 0.2) is 53.1 Å². The minimum atomic E-state index is -0.897. The van der Waals surface area contributed by atoms with E-state index in [0.29, 0.717) is 18.0 Å². The summed E-state index contributed by atoms with van der Waals surface area (Å²) in [6, 6.07) is 14.6. The molecule has 162 valence electrons. The summed E-state index contributed by atoms with van der Waals surface area (Å²) in [6.07, 6.45) is -0.835. The number of benzene rings is 2. The summed E-state index contributed by atoms with van der Waals surface area (Å²) in [7, 11) is 0. The van der Waals surface area contributed by atoms with Crippen LogP contribution < -0.4 is 10.1 Å². The van der Waals surface area contributed by atoms with Crippen molar-refractivity contribution in [1.29, 1.82) is 0 Å². The lowest BCUT2D eigenvalue weighted by Crippen LogP contribution is -2.30. The number of nitrogens with one attached hydrogen (secondary N) is 1. The molecule has 0 fully saturated rings. The van der Waals surface area contributed by atoms with Gasteiger partial charge in [-0.3, -0.25) is 9.59 Å². The predicted octanol–water partition coefficient (Wildman–Crippen LogP) is 4.29. The Labute approximate surface area is 181 Å². The number of esters is 1. The number of ether oxygens (including phenoxy) is 2. The van der Waals surface area contributed by atoms with E-state index in [0.717, 1.165) is 28.1 Å². The SMILES string of the molecule is Cc1ccc(NC(=O)[C@H](C)OC(=O)Cc2ccc(OCc3c(C)noc3C)cc2)cc1. The minimum Gasteiger partial charge on any atom is -0.489 e. The monoisotopic (exact) mass is 422 g/mol. The van der Waals surface area contributed by atoms with Crippen molar-refractivity contribution in [1.82, 2.24) is 5.16 Å². The van der Waals surface area contributed by atoms with Gasteiger partial charge in [-0.15, -0.1) is 0 Å². The molecule has 3 aromatic rings. The molecule has 2 aromatic carbocycles. The van der Waals surface area contributed by atoms with Crippen molar-refractivity contribution in [3.8, 4) is 5.75 Å². The standard InChI is InChI=1S/C24H26N2O5/c1-15-5-9-20(10-6-15)25-24(28)18(4)30-23(27)13-19-7-11-21(12-8-19)29-14-22-16(2)26-31-17(22)3/h5-12,18H,13-14H2,1-4H3,(H,25,28)/t18-/m0/s1.